The van der Waals surface area contributed by atoms with Gasteiger partial charge in [-0.15, -0.1) is 0 Å². The summed E-state index contributed by atoms with van der Waals surface area (Å²) in [5.74, 6) is -1.29. The average molecular weight is 563 g/mol. The van der Waals surface area contributed by atoms with Gasteiger partial charge in [0, 0.05) is 36.4 Å². The summed E-state index contributed by atoms with van der Waals surface area (Å²) in [4.78, 5) is 16.3. The number of carboxylic acid groups (broad SMARTS) is 1. The molecule has 1 aliphatic heterocycles. The third-order valence-electron chi connectivity index (χ3n) is 6.33. The van der Waals surface area contributed by atoms with E-state index in [1.54, 1.807) is 18.2 Å². The van der Waals surface area contributed by atoms with Gasteiger partial charge in [-0.1, -0.05) is 12.1 Å². The van der Waals surface area contributed by atoms with Crippen molar-refractivity contribution in [2.45, 2.75) is 24.8 Å². The van der Waals surface area contributed by atoms with Crippen molar-refractivity contribution in [1.29, 1.82) is 0 Å². The summed E-state index contributed by atoms with van der Waals surface area (Å²) >= 11 is 0. The Hall–Kier alpha value is -4.13. The molecule has 1 atom stereocenters. The molecule has 1 amide bonds. The van der Waals surface area contributed by atoms with Crippen LogP contribution in [0.1, 0.15) is 17.5 Å². The highest BCUT2D eigenvalue weighted by molar-refractivity contribution is 7.92. The predicted octanol–water partition coefficient (Wildman–Crippen LogP) is 4.08. The molecule has 0 radical (unpaired) electrons. The van der Waals surface area contributed by atoms with E-state index in [1.807, 2.05) is 0 Å². The monoisotopic (exact) mass is 562 g/mol. The van der Waals surface area contributed by atoms with Crippen LogP contribution in [0.3, 0.4) is 0 Å². The average Bonchev–Trinajstić information content (AvgIpc) is 3.37. The van der Waals surface area contributed by atoms with Crippen molar-refractivity contribution in [3.63, 3.8) is 0 Å². The molecule has 1 aliphatic rings. The largest absolute Gasteiger partial charge is 0.497 e. The fourth-order valence-electron chi connectivity index (χ4n) is 4.35. The van der Waals surface area contributed by atoms with Gasteiger partial charge in [-0.2, -0.15) is 4.39 Å². The van der Waals surface area contributed by atoms with Crippen LogP contribution in [-0.4, -0.2) is 62.9 Å². The molecule has 39 heavy (non-hydrogen) atoms. The zero-order valence-electron chi connectivity index (χ0n) is 21.3. The van der Waals surface area contributed by atoms with Crippen LogP contribution < -0.4 is 19.1 Å². The maximum Gasteiger partial charge on any atom is 0.407 e. The molecule has 2 aromatic carbocycles. The smallest absolute Gasteiger partial charge is 0.407 e. The maximum atomic E-state index is 14.2. The van der Waals surface area contributed by atoms with Gasteiger partial charge >= 0.3 is 6.09 Å². The number of amides is 1. The van der Waals surface area contributed by atoms with E-state index < -0.39 is 33.6 Å². The second kappa shape index (κ2) is 11.7. The molecule has 1 saturated heterocycles. The van der Waals surface area contributed by atoms with Gasteiger partial charge in [0.05, 0.1) is 26.5 Å². The molecular weight excluding hydrogens is 534 g/mol. The normalized spacial score (nSPS) is 15.2. The van der Waals surface area contributed by atoms with Crippen molar-refractivity contribution in [2.75, 3.05) is 36.9 Å². The first-order chi connectivity index (χ1) is 18.6. The molecule has 0 aliphatic carbocycles. The molecule has 1 aromatic heterocycles. The molecule has 0 spiro atoms. The Morgan fingerprint density at radius 1 is 1.13 bits per heavy atom. The van der Waals surface area contributed by atoms with Gasteiger partial charge in [0.25, 0.3) is 0 Å². The van der Waals surface area contributed by atoms with Gasteiger partial charge in [0.1, 0.15) is 23.1 Å². The Morgan fingerprint density at radius 3 is 2.56 bits per heavy atom. The van der Waals surface area contributed by atoms with Gasteiger partial charge in [-0.25, -0.2) is 26.9 Å². The Kier molecular flexibility index (Phi) is 8.38. The van der Waals surface area contributed by atoms with Gasteiger partial charge in [0.2, 0.25) is 16.0 Å². The van der Waals surface area contributed by atoms with Crippen molar-refractivity contribution in [2.24, 2.45) is 0 Å². The van der Waals surface area contributed by atoms with Crippen molar-refractivity contribution < 1.29 is 36.6 Å². The van der Waals surface area contributed by atoms with E-state index in [-0.39, 0.29) is 36.2 Å². The maximum absolute atomic E-state index is 14.2. The third kappa shape index (κ3) is 6.66. The van der Waals surface area contributed by atoms with E-state index in [9.17, 15) is 27.1 Å². The predicted molar refractivity (Wildman–Crippen MR) is 141 cm³/mol. The lowest BCUT2D eigenvalue weighted by molar-refractivity contribution is 0.155. The lowest BCUT2D eigenvalue weighted by Gasteiger charge is -2.25. The summed E-state index contributed by atoms with van der Waals surface area (Å²) in [6.07, 6.45) is -0.584. The van der Waals surface area contributed by atoms with Crippen LogP contribution in [-0.2, 0) is 22.3 Å². The highest BCUT2D eigenvalue weighted by atomic mass is 32.2. The Balaban J connectivity index is 1.67. The molecule has 2 heterocycles. The molecule has 0 saturated carbocycles. The first-order valence-electron chi connectivity index (χ1n) is 12.0. The highest BCUT2D eigenvalue weighted by Gasteiger charge is 2.29. The SMILES string of the molecule is COc1ccc(CN(c2cccc(F)n2)S(=O)(=O)Cc2ccc(F)cc2N[C@H]2CCN(C(=O)O)C2)c(OC)c1. The van der Waals surface area contributed by atoms with E-state index in [0.717, 1.165) is 16.4 Å². The van der Waals surface area contributed by atoms with Crippen molar-refractivity contribution >= 4 is 27.6 Å². The number of benzene rings is 2. The number of anilines is 2. The zero-order chi connectivity index (χ0) is 28.2. The molecule has 0 unspecified atom stereocenters. The number of sulfonamides is 1. The topological polar surface area (TPSA) is 121 Å². The van der Waals surface area contributed by atoms with E-state index in [1.165, 1.54) is 43.4 Å². The van der Waals surface area contributed by atoms with Gasteiger partial charge < -0.3 is 24.8 Å². The van der Waals surface area contributed by atoms with E-state index in [2.05, 4.69) is 10.3 Å². The van der Waals surface area contributed by atoms with Gasteiger partial charge in [-0.05, 0) is 48.4 Å². The second-order valence-corrected chi connectivity index (χ2v) is 10.8. The van der Waals surface area contributed by atoms with E-state index in [4.69, 9.17) is 9.47 Å². The van der Waals surface area contributed by atoms with E-state index in [0.29, 0.717) is 30.0 Å². The lowest BCUT2D eigenvalue weighted by atomic mass is 10.1. The fraction of sp³-hybridized carbons (Fsp3) is 0.308. The summed E-state index contributed by atoms with van der Waals surface area (Å²) in [5, 5.41) is 12.3. The molecule has 10 nitrogen and oxygen atoms in total. The van der Waals surface area contributed by atoms with Crippen molar-refractivity contribution in [3.8, 4) is 11.5 Å². The second-order valence-electron chi connectivity index (χ2n) is 8.92. The molecule has 208 valence electrons. The quantitative estimate of drug-likeness (QED) is 0.355. The summed E-state index contributed by atoms with van der Waals surface area (Å²) < 4.78 is 67.5. The van der Waals surface area contributed by atoms with Crippen LogP contribution in [0.5, 0.6) is 11.5 Å². The summed E-state index contributed by atoms with van der Waals surface area (Å²) in [6.45, 7) is 0.249. The summed E-state index contributed by atoms with van der Waals surface area (Å²) in [6, 6.07) is 12.1. The third-order valence-corrected chi connectivity index (χ3v) is 7.99. The number of halogens is 2. The number of rotatable bonds is 10. The number of carbonyl (C=O) groups is 1. The molecule has 13 heteroatoms. The molecule has 3 aromatic rings. The number of ether oxygens (including phenoxy) is 2. The number of nitrogens with zero attached hydrogens (tertiary/aromatic N) is 3. The van der Waals surface area contributed by atoms with Crippen LogP contribution in [0.25, 0.3) is 0 Å². The number of methoxy groups -OCH3 is 2. The standard InChI is InChI=1S/C26H28F2N4O6S/c1-37-21-9-7-17(23(13-21)38-2)14-32(25-5-3-4-24(28)30-25)39(35,36)16-18-6-8-19(27)12-22(18)29-20-10-11-31(15-20)26(33)34/h3-9,12-13,20,29H,10-11,14-16H2,1-2H3,(H,33,34)/t20-/m0/s1. The number of nitrogens with one attached hydrogen (secondary N) is 1. The number of aromatic nitrogens is 1. The Bertz CT molecular complexity index is 1460. The molecule has 2 N–H and O–H groups in total. The number of hydrogen-bond donors (Lipinski definition) is 2. The van der Waals surface area contributed by atoms with Crippen molar-refractivity contribution in [1.82, 2.24) is 9.88 Å². The van der Waals surface area contributed by atoms with Gasteiger partial charge in [-0.3, -0.25) is 0 Å². The Morgan fingerprint density at radius 2 is 1.90 bits per heavy atom. The van der Waals surface area contributed by atoms with Crippen LogP contribution >= 0.6 is 0 Å². The molecule has 4 rings (SSSR count). The number of likely N-dealkylation sites (tertiary alicyclic amines) is 1. The fourth-order valence-corrected chi connectivity index (χ4v) is 5.87. The minimum atomic E-state index is -4.23. The minimum absolute atomic E-state index is 0.141. The highest BCUT2D eigenvalue weighted by Crippen LogP contribution is 2.31. The zero-order valence-corrected chi connectivity index (χ0v) is 22.1. The number of pyridine rings is 1. The van der Waals surface area contributed by atoms with Crippen LogP contribution in [0.15, 0.2) is 54.6 Å². The molecule has 0 bridgehead atoms. The van der Waals surface area contributed by atoms with Gasteiger partial charge in [0.15, 0.2) is 0 Å². The first kappa shape index (κ1) is 27.9. The van der Waals surface area contributed by atoms with Crippen LogP contribution in [0.4, 0.5) is 25.1 Å². The summed E-state index contributed by atoms with van der Waals surface area (Å²) in [5.41, 5.74) is 0.961. The summed E-state index contributed by atoms with van der Waals surface area (Å²) in [7, 11) is -1.31. The Labute approximate surface area is 224 Å². The molecule has 1 fully saturated rings. The minimum Gasteiger partial charge on any atom is -0.497 e. The number of hydrogen-bond acceptors (Lipinski definition) is 7. The first-order valence-corrected chi connectivity index (χ1v) is 13.6. The molecular formula is C26H28F2N4O6S. The van der Waals surface area contributed by atoms with Crippen LogP contribution in [0.2, 0.25) is 0 Å². The van der Waals surface area contributed by atoms with Crippen molar-refractivity contribution in [3.05, 3.63) is 77.5 Å². The van der Waals surface area contributed by atoms with Crippen LogP contribution in [0, 0.1) is 11.8 Å². The van der Waals surface area contributed by atoms with E-state index >= 15 is 0 Å². The lowest BCUT2D eigenvalue weighted by Crippen LogP contribution is -2.33.